The SMILES string of the molecule is CCc1cc(OCCCCCCS(=O)(=O)O)cc(C)c1C. The number of aryl methyl sites for hydroxylation is 2. The van der Waals surface area contributed by atoms with Gasteiger partial charge in [-0.1, -0.05) is 19.8 Å². The van der Waals surface area contributed by atoms with E-state index in [4.69, 9.17) is 9.29 Å². The van der Waals surface area contributed by atoms with E-state index in [1.165, 1.54) is 16.7 Å². The number of ether oxygens (including phenoxy) is 1. The van der Waals surface area contributed by atoms with Crippen LogP contribution in [-0.2, 0) is 16.5 Å². The number of unbranched alkanes of at least 4 members (excludes halogenated alkanes) is 3. The van der Waals surface area contributed by atoms with Gasteiger partial charge in [-0.3, -0.25) is 4.55 Å². The molecular formula is C16H26O4S. The number of hydrogen-bond donors (Lipinski definition) is 1. The standard InChI is InChI=1S/C16H26O4S/c1-4-15-12-16(11-13(2)14(15)3)20-9-7-5-6-8-10-21(17,18)19/h11-12H,4-10H2,1-3H3,(H,17,18,19). The zero-order chi connectivity index (χ0) is 15.9. The molecule has 0 spiro atoms. The molecule has 1 aromatic rings. The van der Waals surface area contributed by atoms with Gasteiger partial charge in [-0.2, -0.15) is 8.42 Å². The van der Waals surface area contributed by atoms with Crippen molar-refractivity contribution in [3.63, 3.8) is 0 Å². The Hall–Kier alpha value is -1.07. The van der Waals surface area contributed by atoms with E-state index in [-0.39, 0.29) is 5.75 Å². The van der Waals surface area contributed by atoms with Crippen LogP contribution in [0.25, 0.3) is 0 Å². The first-order valence-electron chi connectivity index (χ1n) is 7.51. The highest BCUT2D eigenvalue weighted by Crippen LogP contribution is 2.22. The Balaban J connectivity index is 2.29. The molecule has 0 aliphatic rings. The Morgan fingerprint density at radius 3 is 2.38 bits per heavy atom. The fourth-order valence-electron chi connectivity index (χ4n) is 2.28. The molecule has 0 saturated heterocycles. The summed E-state index contributed by atoms with van der Waals surface area (Å²) in [5.74, 6) is 0.762. The van der Waals surface area contributed by atoms with E-state index < -0.39 is 10.1 Å². The summed E-state index contributed by atoms with van der Waals surface area (Å²) in [5, 5.41) is 0. The third-order valence-corrected chi connectivity index (χ3v) is 4.50. The van der Waals surface area contributed by atoms with Crippen LogP contribution in [0.15, 0.2) is 12.1 Å². The molecule has 0 saturated carbocycles. The molecule has 5 heteroatoms. The van der Waals surface area contributed by atoms with Crippen molar-refractivity contribution in [3.8, 4) is 5.75 Å². The molecule has 0 radical (unpaired) electrons. The van der Waals surface area contributed by atoms with E-state index in [0.717, 1.165) is 31.4 Å². The summed E-state index contributed by atoms with van der Waals surface area (Å²) in [6.45, 7) is 7.00. The summed E-state index contributed by atoms with van der Waals surface area (Å²) in [6, 6.07) is 4.16. The molecule has 0 aromatic heterocycles. The van der Waals surface area contributed by atoms with Gasteiger partial charge in [-0.05, 0) is 61.9 Å². The van der Waals surface area contributed by atoms with Crippen molar-refractivity contribution < 1.29 is 17.7 Å². The third-order valence-electron chi connectivity index (χ3n) is 3.69. The molecule has 120 valence electrons. The van der Waals surface area contributed by atoms with Gasteiger partial charge in [0.25, 0.3) is 10.1 Å². The van der Waals surface area contributed by atoms with Crippen molar-refractivity contribution in [2.75, 3.05) is 12.4 Å². The average molecular weight is 314 g/mol. The fourth-order valence-corrected chi connectivity index (χ4v) is 2.85. The highest BCUT2D eigenvalue weighted by atomic mass is 32.2. The van der Waals surface area contributed by atoms with Gasteiger partial charge in [0.1, 0.15) is 5.75 Å². The first-order chi connectivity index (χ1) is 9.83. The minimum Gasteiger partial charge on any atom is -0.494 e. The highest BCUT2D eigenvalue weighted by molar-refractivity contribution is 7.85. The van der Waals surface area contributed by atoms with Crippen LogP contribution in [0.3, 0.4) is 0 Å². The Morgan fingerprint density at radius 1 is 1.10 bits per heavy atom. The van der Waals surface area contributed by atoms with Crippen molar-refractivity contribution in [1.82, 2.24) is 0 Å². The molecule has 1 N–H and O–H groups in total. The van der Waals surface area contributed by atoms with Crippen molar-refractivity contribution in [2.24, 2.45) is 0 Å². The molecule has 0 aliphatic heterocycles. The van der Waals surface area contributed by atoms with E-state index in [2.05, 4.69) is 32.9 Å². The first kappa shape index (κ1) is 18.0. The highest BCUT2D eigenvalue weighted by Gasteiger charge is 2.05. The lowest BCUT2D eigenvalue weighted by Crippen LogP contribution is -2.04. The van der Waals surface area contributed by atoms with Gasteiger partial charge in [0.05, 0.1) is 12.4 Å². The molecule has 0 unspecified atom stereocenters. The largest absolute Gasteiger partial charge is 0.494 e. The molecule has 0 fully saturated rings. The minimum absolute atomic E-state index is 0.148. The van der Waals surface area contributed by atoms with Gasteiger partial charge in [0.2, 0.25) is 0 Å². The van der Waals surface area contributed by atoms with Crippen LogP contribution in [0.2, 0.25) is 0 Å². The normalized spacial score (nSPS) is 11.6. The molecular weight excluding hydrogens is 288 g/mol. The van der Waals surface area contributed by atoms with Gasteiger partial charge in [0, 0.05) is 0 Å². The lowest BCUT2D eigenvalue weighted by Gasteiger charge is -2.12. The Morgan fingerprint density at radius 2 is 1.76 bits per heavy atom. The van der Waals surface area contributed by atoms with Crippen molar-refractivity contribution in [1.29, 1.82) is 0 Å². The summed E-state index contributed by atoms with van der Waals surface area (Å²) >= 11 is 0. The second kappa shape index (κ2) is 8.39. The summed E-state index contributed by atoms with van der Waals surface area (Å²) < 4.78 is 35.5. The predicted octanol–water partition coefficient (Wildman–Crippen LogP) is 3.69. The quantitative estimate of drug-likeness (QED) is 0.557. The summed E-state index contributed by atoms with van der Waals surface area (Å²) in [5.41, 5.74) is 3.89. The summed E-state index contributed by atoms with van der Waals surface area (Å²) in [6.07, 6.45) is 4.08. The Bertz CT molecular complexity index is 550. The van der Waals surface area contributed by atoms with Crippen LogP contribution in [0.5, 0.6) is 5.75 Å². The van der Waals surface area contributed by atoms with E-state index in [1.54, 1.807) is 0 Å². The Labute approximate surface area is 128 Å². The van der Waals surface area contributed by atoms with Crippen LogP contribution in [0.4, 0.5) is 0 Å². The monoisotopic (exact) mass is 314 g/mol. The van der Waals surface area contributed by atoms with Gasteiger partial charge in [0.15, 0.2) is 0 Å². The smallest absolute Gasteiger partial charge is 0.264 e. The second-order valence-electron chi connectivity index (χ2n) is 5.43. The molecule has 21 heavy (non-hydrogen) atoms. The Kier molecular flexibility index (Phi) is 7.18. The third kappa shape index (κ3) is 6.96. The number of rotatable bonds is 9. The molecule has 0 heterocycles. The van der Waals surface area contributed by atoms with Gasteiger partial charge in [-0.25, -0.2) is 0 Å². The van der Waals surface area contributed by atoms with E-state index in [0.29, 0.717) is 13.0 Å². The maximum absolute atomic E-state index is 10.6. The average Bonchev–Trinajstić information content (AvgIpc) is 2.40. The summed E-state index contributed by atoms with van der Waals surface area (Å²) in [7, 11) is -3.81. The zero-order valence-corrected chi connectivity index (χ0v) is 14.0. The van der Waals surface area contributed by atoms with Crippen LogP contribution in [-0.4, -0.2) is 25.3 Å². The van der Waals surface area contributed by atoms with Crippen LogP contribution < -0.4 is 4.74 Å². The summed E-state index contributed by atoms with van der Waals surface area (Å²) in [4.78, 5) is 0. The second-order valence-corrected chi connectivity index (χ2v) is 7.00. The molecule has 0 bridgehead atoms. The maximum atomic E-state index is 10.6. The molecule has 0 amide bonds. The van der Waals surface area contributed by atoms with Gasteiger partial charge < -0.3 is 4.74 Å². The zero-order valence-electron chi connectivity index (χ0n) is 13.2. The first-order valence-corrected chi connectivity index (χ1v) is 9.12. The van der Waals surface area contributed by atoms with E-state index >= 15 is 0 Å². The lowest BCUT2D eigenvalue weighted by atomic mass is 10.0. The van der Waals surface area contributed by atoms with Crippen molar-refractivity contribution >= 4 is 10.1 Å². The molecule has 0 atom stereocenters. The maximum Gasteiger partial charge on any atom is 0.264 e. The molecule has 1 rings (SSSR count). The van der Waals surface area contributed by atoms with Crippen LogP contribution >= 0.6 is 0 Å². The topological polar surface area (TPSA) is 63.6 Å². The van der Waals surface area contributed by atoms with Gasteiger partial charge in [-0.15, -0.1) is 0 Å². The number of benzene rings is 1. The fraction of sp³-hybridized carbons (Fsp3) is 0.625. The van der Waals surface area contributed by atoms with Gasteiger partial charge >= 0.3 is 0 Å². The number of hydrogen-bond acceptors (Lipinski definition) is 3. The van der Waals surface area contributed by atoms with Crippen molar-refractivity contribution in [2.45, 2.75) is 52.9 Å². The van der Waals surface area contributed by atoms with E-state index in [1.807, 2.05) is 0 Å². The lowest BCUT2D eigenvalue weighted by molar-refractivity contribution is 0.304. The predicted molar refractivity (Wildman–Crippen MR) is 85.7 cm³/mol. The van der Waals surface area contributed by atoms with Crippen LogP contribution in [0.1, 0.15) is 49.3 Å². The molecule has 4 nitrogen and oxygen atoms in total. The molecule has 1 aromatic carbocycles. The van der Waals surface area contributed by atoms with E-state index in [9.17, 15) is 8.42 Å². The molecule has 0 aliphatic carbocycles. The van der Waals surface area contributed by atoms with Crippen LogP contribution in [0, 0.1) is 13.8 Å². The minimum atomic E-state index is -3.81. The van der Waals surface area contributed by atoms with Crippen molar-refractivity contribution in [3.05, 3.63) is 28.8 Å².